The lowest BCUT2D eigenvalue weighted by atomic mass is 10.1. The third-order valence-electron chi connectivity index (χ3n) is 3.41. The second-order valence-electron chi connectivity index (χ2n) is 4.94. The molecular formula is C15H20BrN3O. The lowest BCUT2D eigenvalue weighted by molar-refractivity contribution is 0.0953. The summed E-state index contributed by atoms with van der Waals surface area (Å²) >= 11 is 3.37. The maximum atomic E-state index is 12.0. The van der Waals surface area contributed by atoms with Crippen LogP contribution in [0.4, 0.5) is 0 Å². The third kappa shape index (κ3) is 4.15. The highest BCUT2D eigenvalue weighted by atomic mass is 79.9. The number of benzene rings is 1. The summed E-state index contributed by atoms with van der Waals surface area (Å²) in [6.07, 6.45) is 3.07. The first-order chi connectivity index (χ1) is 9.70. The van der Waals surface area contributed by atoms with Crippen LogP contribution in [0.15, 0.2) is 33.8 Å². The van der Waals surface area contributed by atoms with E-state index in [9.17, 15) is 4.79 Å². The monoisotopic (exact) mass is 337 g/mol. The molecule has 1 aromatic rings. The number of hydrogen-bond donors (Lipinski definition) is 1. The normalized spacial score (nSPS) is 16.0. The molecule has 1 aromatic carbocycles. The first-order valence-corrected chi connectivity index (χ1v) is 7.82. The smallest absolute Gasteiger partial charge is 0.272 e. The van der Waals surface area contributed by atoms with E-state index in [2.05, 4.69) is 38.3 Å². The molecule has 20 heavy (non-hydrogen) atoms. The summed E-state index contributed by atoms with van der Waals surface area (Å²) in [5.41, 5.74) is 4.35. The lowest BCUT2D eigenvalue weighted by Crippen LogP contribution is -2.35. The number of nitrogens with one attached hydrogen (secondary N) is 1. The van der Waals surface area contributed by atoms with Crippen molar-refractivity contribution in [3.63, 3.8) is 0 Å². The topological polar surface area (TPSA) is 44.7 Å². The highest BCUT2D eigenvalue weighted by Gasteiger charge is 2.15. The predicted molar refractivity (Wildman–Crippen MR) is 85.0 cm³/mol. The van der Waals surface area contributed by atoms with Crippen molar-refractivity contribution in [2.45, 2.75) is 26.2 Å². The summed E-state index contributed by atoms with van der Waals surface area (Å²) in [7, 11) is 0. The zero-order valence-corrected chi connectivity index (χ0v) is 13.3. The second-order valence-corrected chi connectivity index (χ2v) is 5.79. The first-order valence-electron chi connectivity index (χ1n) is 7.03. The van der Waals surface area contributed by atoms with Gasteiger partial charge in [0.05, 0.1) is 5.56 Å². The van der Waals surface area contributed by atoms with Gasteiger partial charge in [-0.15, -0.1) is 0 Å². The van der Waals surface area contributed by atoms with Crippen LogP contribution in [-0.4, -0.2) is 36.2 Å². The van der Waals surface area contributed by atoms with Crippen LogP contribution in [0, 0.1) is 0 Å². The summed E-state index contributed by atoms with van der Waals surface area (Å²) < 4.78 is 0.787. The Hall–Kier alpha value is -1.20. The quantitative estimate of drug-likeness (QED) is 0.858. The van der Waals surface area contributed by atoms with E-state index in [1.54, 1.807) is 6.07 Å². The zero-order valence-electron chi connectivity index (χ0n) is 11.7. The van der Waals surface area contributed by atoms with E-state index in [4.69, 9.17) is 0 Å². The van der Waals surface area contributed by atoms with Crippen LogP contribution in [0.25, 0.3) is 0 Å². The van der Waals surface area contributed by atoms with E-state index in [-0.39, 0.29) is 5.91 Å². The van der Waals surface area contributed by atoms with Gasteiger partial charge >= 0.3 is 0 Å². The van der Waals surface area contributed by atoms with Gasteiger partial charge in [-0.3, -0.25) is 4.79 Å². The van der Waals surface area contributed by atoms with Crippen LogP contribution in [0.3, 0.4) is 0 Å². The summed E-state index contributed by atoms with van der Waals surface area (Å²) in [6, 6.07) is 7.36. The van der Waals surface area contributed by atoms with Crippen molar-refractivity contribution in [1.82, 2.24) is 10.3 Å². The maximum Gasteiger partial charge on any atom is 0.272 e. The Labute approximate surface area is 128 Å². The molecule has 0 saturated carbocycles. The molecule has 4 nitrogen and oxygen atoms in total. The van der Waals surface area contributed by atoms with E-state index in [1.807, 2.05) is 18.2 Å². The zero-order chi connectivity index (χ0) is 14.4. The number of carbonyl (C=O) groups is 1. The summed E-state index contributed by atoms with van der Waals surface area (Å²) in [4.78, 5) is 14.5. The Morgan fingerprint density at radius 3 is 2.70 bits per heavy atom. The lowest BCUT2D eigenvalue weighted by Gasteiger charge is -2.26. The van der Waals surface area contributed by atoms with Gasteiger partial charge in [-0.1, -0.05) is 19.1 Å². The van der Waals surface area contributed by atoms with Gasteiger partial charge in [-0.25, -0.2) is 5.43 Å². The molecular weight excluding hydrogens is 318 g/mol. The fourth-order valence-electron chi connectivity index (χ4n) is 2.30. The van der Waals surface area contributed by atoms with Gasteiger partial charge in [0.1, 0.15) is 0 Å². The SMILES string of the molecule is CCCN1CCC(=NNC(=O)c2ccccc2Br)CC1. The molecule has 5 heteroatoms. The van der Waals surface area contributed by atoms with Gasteiger partial charge in [0.15, 0.2) is 0 Å². The van der Waals surface area contributed by atoms with E-state index in [1.165, 1.54) is 6.42 Å². The van der Waals surface area contributed by atoms with Gasteiger partial charge in [0.2, 0.25) is 0 Å². The molecule has 0 unspecified atom stereocenters. The van der Waals surface area contributed by atoms with Crippen molar-refractivity contribution in [2.24, 2.45) is 5.10 Å². The summed E-state index contributed by atoms with van der Waals surface area (Å²) in [5, 5.41) is 4.26. The highest BCUT2D eigenvalue weighted by molar-refractivity contribution is 9.10. The van der Waals surface area contributed by atoms with Crippen LogP contribution in [0.2, 0.25) is 0 Å². The molecule has 1 N–H and O–H groups in total. The number of halogens is 1. The number of likely N-dealkylation sites (tertiary alicyclic amines) is 1. The largest absolute Gasteiger partial charge is 0.303 e. The Morgan fingerprint density at radius 1 is 1.35 bits per heavy atom. The van der Waals surface area contributed by atoms with E-state index in [0.717, 1.165) is 42.7 Å². The van der Waals surface area contributed by atoms with Crippen molar-refractivity contribution in [3.05, 3.63) is 34.3 Å². The number of carbonyl (C=O) groups excluding carboxylic acids is 1. The number of amides is 1. The van der Waals surface area contributed by atoms with Crippen molar-refractivity contribution in [1.29, 1.82) is 0 Å². The van der Waals surface area contributed by atoms with Crippen molar-refractivity contribution < 1.29 is 4.79 Å². The molecule has 0 radical (unpaired) electrons. The average Bonchev–Trinajstić information content (AvgIpc) is 2.47. The number of hydrogen-bond acceptors (Lipinski definition) is 3. The van der Waals surface area contributed by atoms with Crippen molar-refractivity contribution in [2.75, 3.05) is 19.6 Å². The molecule has 0 bridgehead atoms. The van der Waals surface area contributed by atoms with E-state index in [0.29, 0.717) is 5.56 Å². The van der Waals surface area contributed by atoms with Gasteiger partial charge < -0.3 is 4.90 Å². The molecule has 0 aliphatic carbocycles. The molecule has 1 heterocycles. The predicted octanol–water partition coefficient (Wildman–Crippen LogP) is 3.04. The van der Waals surface area contributed by atoms with Crippen LogP contribution in [-0.2, 0) is 0 Å². The second kappa shape index (κ2) is 7.55. The Morgan fingerprint density at radius 2 is 2.05 bits per heavy atom. The standard InChI is InChI=1S/C15H20BrN3O/c1-2-9-19-10-7-12(8-11-19)17-18-15(20)13-5-3-4-6-14(13)16/h3-6H,2,7-11H2,1H3,(H,18,20). The molecule has 1 aliphatic heterocycles. The average molecular weight is 338 g/mol. The number of nitrogens with zero attached hydrogens (tertiary/aromatic N) is 2. The van der Waals surface area contributed by atoms with E-state index >= 15 is 0 Å². The van der Waals surface area contributed by atoms with Crippen LogP contribution in [0.5, 0.6) is 0 Å². The van der Waals surface area contributed by atoms with E-state index < -0.39 is 0 Å². The number of rotatable bonds is 4. The Kier molecular flexibility index (Phi) is 5.73. The minimum Gasteiger partial charge on any atom is -0.303 e. The fourth-order valence-corrected chi connectivity index (χ4v) is 2.76. The molecule has 0 spiro atoms. The third-order valence-corrected chi connectivity index (χ3v) is 4.10. The number of piperidine rings is 1. The molecule has 0 atom stereocenters. The molecule has 1 fully saturated rings. The van der Waals surface area contributed by atoms with Crippen LogP contribution in [0.1, 0.15) is 36.5 Å². The minimum atomic E-state index is -0.166. The molecule has 1 saturated heterocycles. The van der Waals surface area contributed by atoms with Gasteiger partial charge in [0.25, 0.3) is 5.91 Å². The van der Waals surface area contributed by atoms with Gasteiger partial charge in [0, 0.05) is 36.1 Å². The van der Waals surface area contributed by atoms with Crippen LogP contribution < -0.4 is 5.43 Å². The molecule has 1 amide bonds. The minimum absolute atomic E-state index is 0.166. The number of hydrazone groups is 1. The Bertz CT molecular complexity index is 492. The molecule has 2 rings (SSSR count). The van der Waals surface area contributed by atoms with Crippen molar-refractivity contribution >= 4 is 27.5 Å². The molecule has 0 aromatic heterocycles. The summed E-state index contributed by atoms with van der Waals surface area (Å²) in [5.74, 6) is -0.166. The van der Waals surface area contributed by atoms with Crippen LogP contribution >= 0.6 is 15.9 Å². The molecule has 1 aliphatic rings. The highest BCUT2D eigenvalue weighted by Crippen LogP contribution is 2.15. The Balaban J connectivity index is 1.88. The maximum absolute atomic E-state index is 12.0. The molecule has 108 valence electrons. The first kappa shape index (κ1) is 15.2. The summed E-state index contributed by atoms with van der Waals surface area (Å²) in [6.45, 7) is 5.42. The fraction of sp³-hybridized carbons (Fsp3) is 0.467. The van der Waals surface area contributed by atoms with Gasteiger partial charge in [-0.2, -0.15) is 5.10 Å². The van der Waals surface area contributed by atoms with Gasteiger partial charge in [-0.05, 0) is 41.0 Å². The van der Waals surface area contributed by atoms with Crippen molar-refractivity contribution in [3.8, 4) is 0 Å².